The summed E-state index contributed by atoms with van der Waals surface area (Å²) in [5.41, 5.74) is 1.32. The summed E-state index contributed by atoms with van der Waals surface area (Å²) < 4.78 is 0. The van der Waals surface area contributed by atoms with Gasteiger partial charge in [0.1, 0.15) is 5.78 Å². The molecule has 104 valence electrons. The summed E-state index contributed by atoms with van der Waals surface area (Å²) in [6, 6.07) is 8.10. The fourth-order valence-corrected chi connectivity index (χ4v) is 2.91. The average Bonchev–Trinajstić information content (AvgIpc) is 2.40. The van der Waals surface area contributed by atoms with Gasteiger partial charge in [-0.15, -0.1) is 0 Å². The molecule has 0 bridgehead atoms. The minimum Gasteiger partial charge on any atom is -0.300 e. The maximum atomic E-state index is 11.1. The van der Waals surface area contributed by atoms with Gasteiger partial charge in [0, 0.05) is 24.5 Å². The van der Waals surface area contributed by atoms with Crippen molar-refractivity contribution in [2.75, 3.05) is 13.1 Å². The highest BCUT2D eigenvalue weighted by atomic mass is 35.5. The number of hydrogen-bond acceptors (Lipinski definition) is 2. The van der Waals surface area contributed by atoms with E-state index in [1.807, 2.05) is 12.1 Å². The third-order valence-corrected chi connectivity index (χ3v) is 4.08. The van der Waals surface area contributed by atoms with Crippen LogP contribution in [-0.2, 0) is 11.3 Å². The van der Waals surface area contributed by atoms with Crippen molar-refractivity contribution < 1.29 is 4.79 Å². The number of piperidine rings is 1. The molecule has 1 aliphatic heterocycles. The highest BCUT2D eigenvalue weighted by Gasteiger charge is 2.20. The lowest BCUT2D eigenvalue weighted by Crippen LogP contribution is -2.35. The van der Waals surface area contributed by atoms with E-state index in [1.165, 1.54) is 24.9 Å². The molecule has 1 unspecified atom stereocenters. The number of carbonyl (C=O) groups excluding carboxylic acids is 1. The van der Waals surface area contributed by atoms with Gasteiger partial charge in [-0.05, 0) is 56.3 Å². The van der Waals surface area contributed by atoms with Crippen LogP contribution in [0.1, 0.15) is 38.2 Å². The molecule has 0 aliphatic carbocycles. The van der Waals surface area contributed by atoms with E-state index in [4.69, 9.17) is 11.6 Å². The third-order valence-electron chi connectivity index (χ3n) is 3.83. The molecule has 0 N–H and O–H groups in total. The average molecular weight is 280 g/mol. The summed E-state index contributed by atoms with van der Waals surface area (Å²) in [5.74, 6) is 1.000. The largest absolute Gasteiger partial charge is 0.300 e. The molecule has 1 saturated heterocycles. The maximum Gasteiger partial charge on any atom is 0.129 e. The first kappa shape index (κ1) is 14.5. The standard InChI is InChI=1S/C16H22ClNO/c1-13(19)4-5-14-3-2-10-18(11-14)12-15-6-8-16(17)9-7-15/h6-9,14H,2-5,10-12H2,1H3. The molecule has 2 rings (SSSR count). The molecular weight excluding hydrogens is 258 g/mol. The van der Waals surface area contributed by atoms with E-state index in [9.17, 15) is 4.79 Å². The van der Waals surface area contributed by atoms with Crippen LogP contribution in [0.3, 0.4) is 0 Å². The van der Waals surface area contributed by atoms with Crippen LogP contribution in [0.4, 0.5) is 0 Å². The zero-order valence-corrected chi connectivity index (χ0v) is 12.3. The number of halogens is 1. The van der Waals surface area contributed by atoms with Crippen LogP contribution in [0.5, 0.6) is 0 Å². The summed E-state index contributed by atoms with van der Waals surface area (Å²) in [7, 11) is 0. The van der Waals surface area contributed by atoms with Gasteiger partial charge in [0.25, 0.3) is 0 Å². The number of Topliss-reactive ketones (excluding diaryl/α,β-unsaturated/α-hetero) is 1. The lowest BCUT2D eigenvalue weighted by molar-refractivity contribution is -0.117. The normalized spacial score (nSPS) is 20.4. The Kier molecular flexibility index (Phi) is 5.41. The van der Waals surface area contributed by atoms with Gasteiger partial charge >= 0.3 is 0 Å². The van der Waals surface area contributed by atoms with Crippen molar-refractivity contribution in [3.8, 4) is 0 Å². The lowest BCUT2D eigenvalue weighted by Gasteiger charge is -2.32. The van der Waals surface area contributed by atoms with Crippen molar-refractivity contribution in [1.29, 1.82) is 0 Å². The Bertz CT molecular complexity index is 415. The van der Waals surface area contributed by atoms with Crippen molar-refractivity contribution in [2.24, 2.45) is 5.92 Å². The van der Waals surface area contributed by atoms with Crippen molar-refractivity contribution in [3.63, 3.8) is 0 Å². The molecule has 1 atom stereocenters. The van der Waals surface area contributed by atoms with Crippen LogP contribution < -0.4 is 0 Å². The lowest BCUT2D eigenvalue weighted by atomic mass is 9.92. The molecule has 1 aromatic rings. The van der Waals surface area contributed by atoms with E-state index in [1.54, 1.807) is 6.92 Å². The second-order valence-corrected chi connectivity index (χ2v) is 6.05. The van der Waals surface area contributed by atoms with Crippen molar-refractivity contribution in [2.45, 2.75) is 39.2 Å². The summed E-state index contributed by atoms with van der Waals surface area (Å²) in [6.07, 6.45) is 4.30. The van der Waals surface area contributed by atoms with Gasteiger partial charge in [0.15, 0.2) is 0 Å². The number of likely N-dealkylation sites (tertiary alicyclic amines) is 1. The molecule has 1 heterocycles. The van der Waals surface area contributed by atoms with Crippen molar-refractivity contribution in [1.82, 2.24) is 4.90 Å². The maximum absolute atomic E-state index is 11.1. The Morgan fingerprint density at radius 3 is 2.79 bits per heavy atom. The van der Waals surface area contributed by atoms with E-state index in [2.05, 4.69) is 17.0 Å². The minimum atomic E-state index is 0.315. The summed E-state index contributed by atoms with van der Waals surface area (Å²) in [4.78, 5) is 13.6. The highest BCUT2D eigenvalue weighted by molar-refractivity contribution is 6.30. The Morgan fingerprint density at radius 2 is 2.11 bits per heavy atom. The van der Waals surface area contributed by atoms with Crippen LogP contribution in [0.2, 0.25) is 5.02 Å². The van der Waals surface area contributed by atoms with Crippen molar-refractivity contribution >= 4 is 17.4 Å². The fourth-order valence-electron chi connectivity index (χ4n) is 2.79. The van der Waals surface area contributed by atoms with Crippen LogP contribution in [-0.4, -0.2) is 23.8 Å². The molecule has 0 amide bonds. The molecule has 1 fully saturated rings. The number of rotatable bonds is 5. The van der Waals surface area contributed by atoms with Gasteiger partial charge < -0.3 is 4.79 Å². The first-order valence-electron chi connectivity index (χ1n) is 7.10. The molecule has 3 heteroatoms. The molecule has 1 aliphatic rings. The number of hydrogen-bond donors (Lipinski definition) is 0. The predicted molar refractivity (Wildman–Crippen MR) is 79.4 cm³/mol. The molecule has 0 spiro atoms. The van der Waals surface area contributed by atoms with Gasteiger partial charge in [-0.2, -0.15) is 0 Å². The van der Waals surface area contributed by atoms with Crippen LogP contribution >= 0.6 is 11.6 Å². The second kappa shape index (κ2) is 7.06. The Labute approximate surface area is 120 Å². The first-order valence-corrected chi connectivity index (χ1v) is 7.47. The van der Waals surface area contributed by atoms with E-state index >= 15 is 0 Å². The first-order chi connectivity index (χ1) is 9.13. The number of carbonyl (C=O) groups is 1. The zero-order valence-electron chi connectivity index (χ0n) is 11.6. The zero-order chi connectivity index (χ0) is 13.7. The molecule has 1 aromatic carbocycles. The smallest absolute Gasteiger partial charge is 0.129 e. The SMILES string of the molecule is CC(=O)CCC1CCCN(Cc2ccc(Cl)cc2)C1. The number of nitrogens with zero attached hydrogens (tertiary/aromatic N) is 1. The van der Waals surface area contributed by atoms with E-state index in [-0.39, 0.29) is 0 Å². The van der Waals surface area contributed by atoms with Crippen LogP contribution in [0.25, 0.3) is 0 Å². The van der Waals surface area contributed by atoms with Crippen LogP contribution in [0, 0.1) is 5.92 Å². The Balaban J connectivity index is 1.83. The molecule has 19 heavy (non-hydrogen) atoms. The Hall–Kier alpha value is -0.860. The molecular formula is C16H22ClNO. The van der Waals surface area contributed by atoms with Crippen molar-refractivity contribution in [3.05, 3.63) is 34.9 Å². The molecule has 0 radical (unpaired) electrons. The summed E-state index contributed by atoms with van der Waals surface area (Å²) >= 11 is 5.90. The van der Waals surface area contributed by atoms with E-state index in [0.717, 1.165) is 31.0 Å². The summed E-state index contributed by atoms with van der Waals surface area (Å²) in [6.45, 7) is 4.97. The monoisotopic (exact) mass is 279 g/mol. The number of ketones is 1. The molecule has 0 aromatic heterocycles. The molecule has 2 nitrogen and oxygen atoms in total. The third kappa shape index (κ3) is 4.96. The minimum absolute atomic E-state index is 0.315. The molecule has 0 saturated carbocycles. The van der Waals surface area contributed by atoms with Gasteiger partial charge in [-0.25, -0.2) is 0 Å². The second-order valence-electron chi connectivity index (χ2n) is 5.61. The fraction of sp³-hybridized carbons (Fsp3) is 0.562. The quantitative estimate of drug-likeness (QED) is 0.814. The topological polar surface area (TPSA) is 20.3 Å². The van der Waals surface area contributed by atoms with Gasteiger partial charge in [-0.1, -0.05) is 23.7 Å². The van der Waals surface area contributed by atoms with Gasteiger partial charge in [0.05, 0.1) is 0 Å². The number of benzene rings is 1. The van der Waals surface area contributed by atoms with Gasteiger partial charge in [-0.3, -0.25) is 4.90 Å². The van der Waals surface area contributed by atoms with Gasteiger partial charge in [0.2, 0.25) is 0 Å². The Morgan fingerprint density at radius 1 is 1.37 bits per heavy atom. The van der Waals surface area contributed by atoms with E-state index < -0.39 is 0 Å². The predicted octanol–water partition coefficient (Wildman–Crippen LogP) is 3.92. The van der Waals surface area contributed by atoms with E-state index in [0.29, 0.717) is 11.7 Å². The summed E-state index contributed by atoms with van der Waals surface area (Å²) in [5, 5.41) is 0.793. The highest BCUT2D eigenvalue weighted by Crippen LogP contribution is 2.22. The van der Waals surface area contributed by atoms with Crippen LogP contribution in [0.15, 0.2) is 24.3 Å².